The maximum atomic E-state index is 11.2. The summed E-state index contributed by atoms with van der Waals surface area (Å²) in [6.45, 7) is 9.30. The molecular weight excluding hydrogens is 210 g/mol. The van der Waals surface area contributed by atoms with Gasteiger partial charge in [-0.25, -0.2) is 9.59 Å². The summed E-state index contributed by atoms with van der Waals surface area (Å²) in [5.74, 6) is 0. The fourth-order valence-corrected chi connectivity index (χ4v) is 0.798. The van der Waals surface area contributed by atoms with Gasteiger partial charge in [0.25, 0.3) is 0 Å². The second-order valence-corrected chi connectivity index (χ2v) is 4.03. The Bertz CT molecular complexity index is 259. The second kappa shape index (κ2) is 6.71. The summed E-state index contributed by atoms with van der Waals surface area (Å²) in [7, 11) is 0. The van der Waals surface area contributed by atoms with Gasteiger partial charge in [-0.05, 0) is 27.0 Å². The molecule has 6 heteroatoms. The van der Waals surface area contributed by atoms with E-state index in [1.165, 1.54) is 6.20 Å². The lowest BCUT2D eigenvalue weighted by atomic mass is 10.2. The van der Waals surface area contributed by atoms with Gasteiger partial charge in [-0.2, -0.15) is 0 Å². The first-order valence-electron chi connectivity index (χ1n) is 4.97. The van der Waals surface area contributed by atoms with Crippen molar-refractivity contribution >= 4 is 12.1 Å². The number of nitrogens with one attached hydrogen (secondary N) is 3. The number of carbonyl (C=O) groups excluding carboxylic acids is 2. The van der Waals surface area contributed by atoms with E-state index in [9.17, 15) is 9.59 Å². The van der Waals surface area contributed by atoms with Gasteiger partial charge in [0, 0.05) is 13.1 Å². The zero-order valence-corrected chi connectivity index (χ0v) is 9.92. The number of carbonyl (C=O) groups is 2. The van der Waals surface area contributed by atoms with Gasteiger partial charge in [0.2, 0.25) is 0 Å². The normalized spacial score (nSPS) is 10.2. The first-order valence-corrected chi connectivity index (χ1v) is 4.97. The van der Waals surface area contributed by atoms with E-state index in [0.29, 0.717) is 13.1 Å². The van der Waals surface area contributed by atoms with Crippen LogP contribution in [0.4, 0.5) is 9.59 Å². The fourth-order valence-electron chi connectivity index (χ4n) is 0.798. The number of rotatable bonds is 4. The molecule has 3 amide bonds. The summed E-state index contributed by atoms with van der Waals surface area (Å²) >= 11 is 0. The van der Waals surface area contributed by atoms with Crippen LogP contribution in [0, 0.1) is 0 Å². The third-order valence-electron chi connectivity index (χ3n) is 1.31. The Kier molecular flexibility index (Phi) is 5.99. The van der Waals surface area contributed by atoms with Crippen LogP contribution in [-0.4, -0.2) is 30.8 Å². The van der Waals surface area contributed by atoms with Crippen LogP contribution in [0.15, 0.2) is 12.8 Å². The zero-order chi connectivity index (χ0) is 12.6. The van der Waals surface area contributed by atoms with Gasteiger partial charge < -0.3 is 20.7 Å². The van der Waals surface area contributed by atoms with Gasteiger partial charge in [-0.3, -0.25) is 0 Å². The Balaban J connectivity index is 3.56. The molecule has 0 aromatic carbocycles. The molecule has 3 N–H and O–H groups in total. The van der Waals surface area contributed by atoms with E-state index in [-0.39, 0.29) is 6.03 Å². The predicted octanol–water partition coefficient (Wildman–Crippen LogP) is 0.954. The highest BCUT2D eigenvalue weighted by molar-refractivity contribution is 5.74. The van der Waals surface area contributed by atoms with Gasteiger partial charge in [0.1, 0.15) is 5.60 Å². The van der Waals surface area contributed by atoms with E-state index >= 15 is 0 Å². The molecule has 0 atom stereocenters. The average Bonchev–Trinajstić information content (AvgIpc) is 2.10. The lowest BCUT2D eigenvalue weighted by molar-refractivity contribution is 0.0528. The molecule has 0 fully saturated rings. The molecule has 0 aliphatic rings. The number of hydrogen-bond donors (Lipinski definition) is 3. The Hall–Kier alpha value is -1.72. The minimum atomic E-state index is -0.516. The lowest BCUT2D eigenvalue weighted by Gasteiger charge is -2.19. The van der Waals surface area contributed by atoms with Crippen molar-refractivity contribution in [1.29, 1.82) is 0 Å². The number of hydrogen-bond acceptors (Lipinski definition) is 3. The van der Waals surface area contributed by atoms with Crippen molar-refractivity contribution in [2.75, 3.05) is 13.1 Å². The standard InChI is InChI=1S/C10H19N3O3/c1-5-11-8(14)12-6-7-13-9(15)16-10(2,3)4/h5H,1,6-7H2,2-4H3,(H,13,15)(H2,11,12,14). The van der Waals surface area contributed by atoms with Gasteiger partial charge in [-0.1, -0.05) is 6.58 Å². The number of alkyl carbamates (subject to hydrolysis) is 1. The summed E-state index contributed by atoms with van der Waals surface area (Å²) in [5, 5.41) is 7.36. The van der Waals surface area contributed by atoms with E-state index in [0.717, 1.165) is 0 Å². The van der Waals surface area contributed by atoms with Gasteiger partial charge in [0.15, 0.2) is 0 Å². The van der Waals surface area contributed by atoms with Crippen molar-refractivity contribution in [3.05, 3.63) is 12.8 Å². The van der Waals surface area contributed by atoms with Crippen LogP contribution in [0.2, 0.25) is 0 Å². The van der Waals surface area contributed by atoms with E-state index in [2.05, 4.69) is 22.5 Å². The maximum Gasteiger partial charge on any atom is 0.407 e. The van der Waals surface area contributed by atoms with E-state index < -0.39 is 11.7 Å². The van der Waals surface area contributed by atoms with Crippen molar-refractivity contribution in [1.82, 2.24) is 16.0 Å². The lowest BCUT2D eigenvalue weighted by Crippen LogP contribution is -2.40. The molecule has 0 radical (unpaired) electrons. The molecule has 0 saturated heterocycles. The highest BCUT2D eigenvalue weighted by Crippen LogP contribution is 2.05. The Morgan fingerprint density at radius 2 is 1.81 bits per heavy atom. The molecule has 0 aromatic rings. The third-order valence-corrected chi connectivity index (χ3v) is 1.31. The molecular formula is C10H19N3O3. The van der Waals surface area contributed by atoms with Crippen LogP contribution in [0.1, 0.15) is 20.8 Å². The van der Waals surface area contributed by atoms with Crippen molar-refractivity contribution in [2.45, 2.75) is 26.4 Å². The first-order chi connectivity index (χ1) is 7.35. The van der Waals surface area contributed by atoms with Crippen LogP contribution in [0.25, 0.3) is 0 Å². The highest BCUT2D eigenvalue weighted by atomic mass is 16.6. The fraction of sp³-hybridized carbons (Fsp3) is 0.600. The summed E-state index contributed by atoms with van der Waals surface area (Å²) in [5.41, 5.74) is -0.516. The SMILES string of the molecule is C=CNC(=O)NCCNC(=O)OC(C)(C)C. The van der Waals surface area contributed by atoms with Gasteiger partial charge >= 0.3 is 12.1 Å². The van der Waals surface area contributed by atoms with Crippen LogP contribution in [0.5, 0.6) is 0 Å². The summed E-state index contributed by atoms with van der Waals surface area (Å²) in [6.07, 6.45) is 0.773. The molecule has 16 heavy (non-hydrogen) atoms. The summed E-state index contributed by atoms with van der Waals surface area (Å²) in [4.78, 5) is 22.0. The largest absolute Gasteiger partial charge is 0.444 e. The molecule has 0 rings (SSSR count). The summed E-state index contributed by atoms with van der Waals surface area (Å²) < 4.78 is 5.00. The van der Waals surface area contributed by atoms with Crippen LogP contribution >= 0.6 is 0 Å². The summed E-state index contributed by atoms with van der Waals surface area (Å²) in [6, 6.07) is -0.360. The van der Waals surface area contributed by atoms with Crippen molar-refractivity contribution in [2.24, 2.45) is 0 Å². The number of amides is 3. The van der Waals surface area contributed by atoms with Gasteiger partial charge in [-0.15, -0.1) is 0 Å². The average molecular weight is 229 g/mol. The van der Waals surface area contributed by atoms with Crippen LogP contribution in [-0.2, 0) is 4.74 Å². The first kappa shape index (κ1) is 14.3. The molecule has 6 nitrogen and oxygen atoms in total. The monoisotopic (exact) mass is 229 g/mol. The van der Waals surface area contributed by atoms with E-state index in [1.807, 2.05) is 0 Å². The second-order valence-electron chi connectivity index (χ2n) is 4.03. The van der Waals surface area contributed by atoms with E-state index in [1.54, 1.807) is 20.8 Å². The highest BCUT2D eigenvalue weighted by Gasteiger charge is 2.15. The minimum absolute atomic E-state index is 0.305. The van der Waals surface area contributed by atoms with Crippen LogP contribution < -0.4 is 16.0 Å². The molecule has 0 aromatic heterocycles. The molecule has 92 valence electrons. The Labute approximate surface area is 95.4 Å². The molecule has 0 unspecified atom stereocenters. The Morgan fingerprint density at radius 3 is 2.31 bits per heavy atom. The van der Waals surface area contributed by atoms with Crippen molar-refractivity contribution in [3.8, 4) is 0 Å². The molecule has 0 aliphatic carbocycles. The van der Waals surface area contributed by atoms with Crippen molar-refractivity contribution < 1.29 is 14.3 Å². The Morgan fingerprint density at radius 1 is 1.25 bits per heavy atom. The molecule has 0 heterocycles. The maximum absolute atomic E-state index is 11.2. The van der Waals surface area contributed by atoms with Crippen molar-refractivity contribution in [3.63, 3.8) is 0 Å². The quantitative estimate of drug-likeness (QED) is 0.628. The number of ether oxygens (including phenoxy) is 1. The van der Waals surface area contributed by atoms with Crippen LogP contribution in [0.3, 0.4) is 0 Å². The number of urea groups is 1. The molecule has 0 bridgehead atoms. The van der Waals surface area contributed by atoms with Gasteiger partial charge in [0.05, 0.1) is 0 Å². The molecule has 0 saturated carbocycles. The topological polar surface area (TPSA) is 79.5 Å². The minimum Gasteiger partial charge on any atom is -0.444 e. The van der Waals surface area contributed by atoms with E-state index in [4.69, 9.17) is 4.74 Å². The molecule has 0 spiro atoms. The zero-order valence-electron chi connectivity index (χ0n) is 9.92. The molecule has 0 aliphatic heterocycles. The smallest absolute Gasteiger partial charge is 0.407 e. The third kappa shape index (κ3) is 8.86. The predicted molar refractivity (Wildman–Crippen MR) is 61.0 cm³/mol.